The first-order valence-electron chi connectivity index (χ1n) is 3.59. The summed E-state index contributed by atoms with van der Waals surface area (Å²) in [7, 11) is 1.45. The van der Waals surface area contributed by atoms with Crippen molar-refractivity contribution in [2.45, 2.75) is 4.90 Å². The molecule has 4 heteroatoms. The molecule has 0 heterocycles. The van der Waals surface area contributed by atoms with Crippen LogP contribution in [0.25, 0.3) is 0 Å². The third kappa shape index (κ3) is 2.01. The van der Waals surface area contributed by atoms with Gasteiger partial charge in [-0.3, -0.25) is 4.79 Å². The number of methoxy groups -OCH3 is 1. The minimum absolute atomic E-state index is 0.284. The van der Waals surface area contributed by atoms with E-state index in [2.05, 4.69) is 0 Å². The number of carbonyl (C=O) groups is 1. The van der Waals surface area contributed by atoms with Gasteiger partial charge in [-0.2, -0.15) is 0 Å². The standard InChI is InChI=1S/C9H9FO2S/c1-12-8-4-6(5-11)3-7(10)9(8)13-2/h3-5H,1-2H3. The van der Waals surface area contributed by atoms with Crippen LogP contribution in [-0.4, -0.2) is 19.7 Å². The van der Waals surface area contributed by atoms with Crippen molar-refractivity contribution < 1.29 is 13.9 Å². The zero-order valence-electron chi connectivity index (χ0n) is 7.33. The van der Waals surface area contributed by atoms with Gasteiger partial charge in [-0.15, -0.1) is 11.8 Å². The predicted molar refractivity (Wildman–Crippen MR) is 50.1 cm³/mol. The molecular formula is C9H9FO2S. The van der Waals surface area contributed by atoms with Crippen molar-refractivity contribution in [3.63, 3.8) is 0 Å². The van der Waals surface area contributed by atoms with Crippen LogP contribution in [0.3, 0.4) is 0 Å². The van der Waals surface area contributed by atoms with E-state index in [1.54, 1.807) is 6.26 Å². The maximum Gasteiger partial charge on any atom is 0.150 e. The number of carbonyl (C=O) groups excluding carboxylic acids is 1. The van der Waals surface area contributed by atoms with Crippen molar-refractivity contribution in [1.82, 2.24) is 0 Å². The van der Waals surface area contributed by atoms with Gasteiger partial charge in [-0.1, -0.05) is 0 Å². The van der Waals surface area contributed by atoms with Gasteiger partial charge < -0.3 is 4.74 Å². The summed E-state index contributed by atoms with van der Waals surface area (Å²) in [5, 5.41) is 0. The summed E-state index contributed by atoms with van der Waals surface area (Å²) in [6.07, 6.45) is 2.34. The molecule has 0 fully saturated rings. The monoisotopic (exact) mass is 200 g/mol. The summed E-state index contributed by atoms with van der Waals surface area (Å²) < 4.78 is 18.2. The molecule has 0 aliphatic heterocycles. The molecule has 0 aromatic heterocycles. The van der Waals surface area contributed by atoms with E-state index in [0.717, 1.165) is 0 Å². The summed E-state index contributed by atoms with van der Waals surface area (Å²) in [6.45, 7) is 0. The smallest absolute Gasteiger partial charge is 0.150 e. The molecule has 0 atom stereocenters. The number of benzene rings is 1. The number of ether oxygens (including phenoxy) is 1. The van der Waals surface area contributed by atoms with E-state index >= 15 is 0 Å². The maximum absolute atomic E-state index is 13.2. The molecule has 1 rings (SSSR count). The Morgan fingerprint density at radius 2 is 2.23 bits per heavy atom. The van der Waals surface area contributed by atoms with Crippen molar-refractivity contribution in [2.24, 2.45) is 0 Å². The van der Waals surface area contributed by atoms with Crippen LogP contribution < -0.4 is 4.74 Å². The van der Waals surface area contributed by atoms with Gasteiger partial charge >= 0.3 is 0 Å². The third-order valence-electron chi connectivity index (χ3n) is 1.59. The predicted octanol–water partition coefficient (Wildman–Crippen LogP) is 2.37. The van der Waals surface area contributed by atoms with Gasteiger partial charge in [0.05, 0.1) is 12.0 Å². The van der Waals surface area contributed by atoms with E-state index < -0.39 is 5.82 Å². The minimum Gasteiger partial charge on any atom is -0.495 e. The summed E-state index contributed by atoms with van der Waals surface area (Å²) in [6, 6.07) is 2.71. The van der Waals surface area contributed by atoms with Gasteiger partial charge in [0.15, 0.2) is 0 Å². The Bertz CT molecular complexity index is 326. The molecule has 2 nitrogen and oxygen atoms in total. The number of aldehydes is 1. The first kappa shape index (κ1) is 10.1. The second-order valence-electron chi connectivity index (χ2n) is 2.36. The molecule has 0 spiro atoms. The second-order valence-corrected chi connectivity index (χ2v) is 3.17. The van der Waals surface area contributed by atoms with E-state index in [4.69, 9.17) is 4.74 Å². The fraction of sp³-hybridized carbons (Fsp3) is 0.222. The molecular weight excluding hydrogens is 191 g/mol. The highest BCUT2D eigenvalue weighted by Gasteiger charge is 2.09. The van der Waals surface area contributed by atoms with Crippen LogP contribution >= 0.6 is 11.8 Å². The second kappa shape index (κ2) is 4.28. The number of halogens is 1. The summed E-state index contributed by atoms with van der Waals surface area (Å²) in [5.74, 6) is -0.0245. The first-order chi connectivity index (χ1) is 6.22. The third-order valence-corrected chi connectivity index (χ3v) is 2.40. The molecule has 0 saturated carbocycles. The first-order valence-corrected chi connectivity index (χ1v) is 4.82. The van der Waals surface area contributed by atoms with Crippen LogP contribution in [0.15, 0.2) is 17.0 Å². The molecule has 0 aliphatic carbocycles. The summed E-state index contributed by atoms with van der Waals surface area (Å²) in [4.78, 5) is 10.8. The molecule has 70 valence electrons. The van der Waals surface area contributed by atoms with Crippen molar-refractivity contribution in [3.05, 3.63) is 23.5 Å². The number of hydrogen-bond donors (Lipinski definition) is 0. The Labute approximate surface area is 80.1 Å². The Balaban J connectivity index is 3.28. The highest BCUT2D eigenvalue weighted by atomic mass is 32.2. The molecule has 0 amide bonds. The molecule has 1 aromatic rings. The molecule has 0 bridgehead atoms. The van der Waals surface area contributed by atoms with Gasteiger partial charge in [0.2, 0.25) is 0 Å². The zero-order chi connectivity index (χ0) is 9.84. The van der Waals surface area contributed by atoms with Gasteiger partial charge in [-0.05, 0) is 18.4 Å². The lowest BCUT2D eigenvalue weighted by molar-refractivity contribution is 0.112. The van der Waals surface area contributed by atoms with Crippen LogP contribution in [0.2, 0.25) is 0 Å². The van der Waals surface area contributed by atoms with Crippen molar-refractivity contribution in [1.29, 1.82) is 0 Å². The Morgan fingerprint density at radius 1 is 1.54 bits per heavy atom. The average Bonchev–Trinajstić information content (AvgIpc) is 2.16. The Hall–Kier alpha value is -1.03. The van der Waals surface area contributed by atoms with Crippen LogP contribution in [0, 0.1) is 5.82 Å². The van der Waals surface area contributed by atoms with Crippen LogP contribution in [0.1, 0.15) is 10.4 Å². The molecule has 0 saturated heterocycles. The lowest BCUT2D eigenvalue weighted by atomic mass is 10.2. The lowest BCUT2D eigenvalue weighted by Crippen LogP contribution is -1.92. The quantitative estimate of drug-likeness (QED) is 0.553. The fourth-order valence-electron chi connectivity index (χ4n) is 1.01. The van der Waals surface area contributed by atoms with Gasteiger partial charge in [-0.25, -0.2) is 4.39 Å². The number of thioether (sulfide) groups is 1. The molecule has 0 N–H and O–H groups in total. The normalized spacial score (nSPS) is 9.77. The maximum atomic E-state index is 13.2. The molecule has 1 aromatic carbocycles. The van der Waals surface area contributed by atoms with E-state index in [1.807, 2.05) is 0 Å². The Kier molecular flexibility index (Phi) is 3.31. The van der Waals surface area contributed by atoms with Crippen LogP contribution in [-0.2, 0) is 0 Å². The van der Waals surface area contributed by atoms with Gasteiger partial charge in [0, 0.05) is 5.56 Å². The molecule has 0 unspecified atom stereocenters. The van der Waals surface area contributed by atoms with Gasteiger partial charge in [0.25, 0.3) is 0 Å². The number of hydrogen-bond acceptors (Lipinski definition) is 3. The van der Waals surface area contributed by atoms with Crippen molar-refractivity contribution in [2.75, 3.05) is 13.4 Å². The fourth-order valence-corrected chi connectivity index (χ4v) is 1.60. The van der Waals surface area contributed by atoms with Crippen molar-refractivity contribution >= 4 is 18.0 Å². The summed E-state index contributed by atoms with van der Waals surface area (Å²) >= 11 is 1.25. The topological polar surface area (TPSA) is 26.3 Å². The SMILES string of the molecule is COc1cc(C=O)cc(F)c1SC. The largest absolute Gasteiger partial charge is 0.495 e. The van der Waals surface area contributed by atoms with Crippen molar-refractivity contribution in [3.8, 4) is 5.75 Å². The lowest BCUT2D eigenvalue weighted by Gasteiger charge is -2.07. The highest BCUT2D eigenvalue weighted by Crippen LogP contribution is 2.30. The summed E-state index contributed by atoms with van der Waals surface area (Å²) in [5.41, 5.74) is 0.284. The van der Waals surface area contributed by atoms with Gasteiger partial charge in [0.1, 0.15) is 17.9 Å². The molecule has 13 heavy (non-hydrogen) atoms. The van der Waals surface area contributed by atoms with E-state index in [0.29, 0.717) is 16.9 Å². The zero-order valence-corrected chi connectivity index (χ0v) is 8.15. The van der Waals surface area contributed by atoms with Crippen LogP contribution in [0.5, 0.6) is 5.75 Å². The van der Waals surface area contributed by atoms with E-state index in [1.165, 1.54) is 31.0 Å². The minimum atomic E-state index is -0.422. The molecule has 0 radical (unpaired) electrons. The molecule has 0 aliphatic rings. The van der Waals surface area contributed by atoms with Crippen LogP contribution in [0.4, 0.5) is 4.39 Å². The highest BCUT2D eigenvalue weighted by molar-refractivity contribution is 7.98. The Morgan fingerprint density at radius 3 is 2.69 bits per heavy atom. The average molecular weight is 200 g/mol. The van der Waals surface area contributed by atoms with E-state index in [-0.39, 0.29) is 5.56 Å². The van der Waals surface area contributed by atoms with E-state index in [9.17, 15) is 9.18 Å². The number of rotatable bonds is 3.